The third kappa shape index (κ3) is 2.97. The van der Waals surface area contributed by atoms with Gasteiger partial charge in [-0.3, -0.25) is 4.79 Å². The number of epoxide rings is 3. The van der Waals surface area contributed by atoms with E-state index in [1.807, 2.05) is 34.6 Å². The fourth-order valence-corrected chi connectivity index (χ4v) is 9.12. The lowest BCUT2D eigenvalue weighted by molar-refractivity contribution is -0.173. The molecule has 5 fully saturated rings. The number of rotatable bonds is 7. The minimum atomic E-state index is -0.811. The number of hydrogen-bond donors (Lipinski definition) is 1. The van der Waals surface area contributed by atoms with Gasteiger partial charge in [0.25, 0.3) is 0 Å². The lowest BCUT2D eigenvalue weighted by atomic mass is 9.46. The van der Waals surface area contributed by atoms with Crippen molar-refractivity contribution in [3.63, 3.8) is 0 Å². The Morgan fingerprint density at radius 2 is 1.73 bits per heavy atom. The molecule has 220 valence electrons. The molecule has 2 spiro atoms. The number of ether oxygens (including phenoxy) is 5. The first-order valence-electron chi connectivity index (χ1n) is 15.2. The van der Waals surface area contributed by atoms with Crippen LogP contribution in [0.1, 0.15) is 74.7 Å². The lowest BCUT2D eigenvalue weighted by Gasteiger charge is -2.53. The molecule has 40 heavy (non-hydrogen) atoms. The van der Waals surface area contributed by atoms with Crippen molar-refractivity contribution in [1.82, 2.24) is 5.32 Å². The number of amides is 1. The van der Waals surface area contributed by atoms with E-state index in [1.54, 1.807) is 0 Å². The van der Waals surface area contributed by atoms with Gasteiger partial charge in [0.2, 0.25) is 5.91 Å². The van der Waals surface area contributed by atoms with E-state index in [0.717, 1.165) is 24.0 Å². The van der Waals surface area contributed by atoms with E-state index in [0.29, 0.717) is 13.0 Å². The summed E-state index contributed by atoms with van der Waals surface area (Å²) in [7, 11) is 0. The maximum absolute atomic E-state index is 14.0. The van der Waals surface area contributed by atoms with Crippen molar-refractivity contribution < 1.29 is 38.1 Å². The highest BCUT2D eigenvalue weighted by molar-refractivity contribution is 5.92. The second kappa shape index (κ2) is 8.10. The molecule has 7 aliphatic rings. The molecular formula is C31H43NO8. The molecule has 0 bridgehead atoms. The fourth-order valence-electron chi connectivity index (χ4n) is 9.12. The zero-order chi connectivity index (χ0) is 28.7. The molecule has 7 rings (SSSR count). The number of cyclic esters (lactones) is 1. The molecular weight excluding hydrogens is 514 g/mol. The molecule has 0 aromatic carbocycles. The highest BCUT2D eigenvalue weighted by Gasteiger charge is 3.01. The van der Waals surface area contributed by atoms with Crippen molar-refractivity contribution in [3.05, 3.63) is 11.1 Å². The average molecular weight is 558 g/mol. The molecule has 4 heterocycles. The zero-order valence-electron chi connectivity index (χ0n) is 24.9. The molecule has 3 saturated heterocycles. The largest absolute Gasteiger partial charge is 0.458 e. The Labute approximate surface area is 236 Å². The summed E-state index contributed by atoms with van der Waals surface area (Å²) in [5.41, 5.74) is -0.553. The van der Waals surface area contributed by atoms with Crippen LogP contribution in [-0.4, -0.2) is 71.7 Å². The normalized spacial score (nSPS) is 46.8. The summed E-state index contributed by atoms with van der Waals surface area (Å²) in [6.07, 6.45) is 0.991. The van der Waals surface area contributed by atoms with E-state index in [9.17, 15) is 14.4 Å². The summed E-state index contributed by atoms with van der Waals surface area (Å²) in [6, 6.07) is -0.784. The number of nitrogens with one attached hydrogen (secondary N) is 1. The fraction of sp³-hybridized carbons (Fsp3) is 0.839. The van der Waals surface area contributed by atoms with Gasteiger partial charge in [0.05, 0.1) is 6.10 Å². The molecule has 3 aliphatic carbocycles. The summed E-state index contributed by atoms with van der Waals surface area (Å²) in [4.78, 5) is 39.4. The molecule has 9 heteroatoms. The molecule has 0 unspecified atom stereocenters. The summed E-state index contributed by atoms with van der Waals surface area (Å²) < 4.78 is 32.0. The van der Waals surface area contributed by atoms with Crippen molar-refractivity contribution in [1.29, 1.82) is 0 Å². The molecule has 1 N–H and O–H groups in total. The Bertz CT molecular complexity index is 1230. The van der Waals surface area contributed by atoms with Gasteiger partial charge in [-0.05, 0) is 48.5 Å². The number of esters is 2. The third-order valence-electron chi connectivity index (χ3n) is 11.9. The van der Waals surface area contributed by atoms with Gasteiger partial charge in [-0.15, -0.1) is 0 Å². The van der Waals surface area contributed by atoms with Crippen LogP contribution >= 0.6 is 0 Å². The Balaban J connectivity index is 1.24. The first-order valence-corrected chi connectivity index (χ1v) is 15.2. The van der Waals surface area contributed by atoms with Crippen LogP contribution in [-0.2, 0) is 38.1 Å². The maximum Gasteiger partial charge on any atom is 0.334 e. The van der Waals surface area contributed by atoms with E-state index < -0.39 is 34.9 Å². The van der Waals surface area contributed by atoms with Crippen LogP contribution in [0.5, 0.6) is 0 Å². The monoisotopic (exact) mass is 557 g/mol. The quantitative estimate of drug-likeness (QED) is 0.375. The predicted octanol–water partition coefficient (Wildman–Crippen LogP) is 3.09. The van der Waals surface area contributed by atoms with Crippen LogP contribution in [0.15, 0.2) is 11.1 Å². The number of carbonyl (C=O) groups is 3. The van der Waals surface area contributed by atoms with Crippen LogP contribution in [0.4, 0.5) is 0 Å². The maximum atomic E-state index is 14.0. The van der Waals surface area contributed by atoms with Gasteiger partial charge in [0.15, 0.2) is 11.7 Å². The standard InChI is InChI=1S/C31H43NO8/c1-13(2)16(7)24(33)32-21(14(3)4)26(35)37-27-29(15(5)6)22(39-29)23-31(40-23)28(8)10-9-17-18(12-36-25(17)34)19(28)11-20-30(27,31)38-20/h13-16,19-23,27H,9-12H2,1-8H3,(H,32,33)/t16-,19-,20-,21+,22-,23-,27+,28-,29-,30+,31+/m0/s1. The van der Waals surface area contributed by atoms with Gasteiger partial charge in [0.1, 0.15) is 36.1 Å². The van der Waals surface area contributed by atoms with Gasteiger partial charge in [-0.1, -0.05) is 55.4 Å². The minimum Gasteiger partial charge on any atom is -0.458 e. The average Bonchev–Trinajstić information content (AvgIpc) is 3.80. The van der Waals surface area contributed by atoms with E-state index in [4.69, 9.17) is 23.7 Å². The lowest BCUT2D eigenvalue weighted by Crippen LogP contribution is -2.70. The highest BCUT2D eigenvalue weighted by Crippen LogP contribution is 2.83. The van der Waals surface area contributed by atoms with Crippen LogP contribution in [0.2, 0.25) is 0 Å². The van der Waals surface area contributed by atoms with Crippen LogP contribution in [0.25, 0.3) is 0 Å². The SMILES string of the molecule is CC(C)[C@H](C)C(=O)N[C@@H](C(=O)O[C@@H]1[C@@]2(C(C)C)O[C@H]2[C@@H]2O[C@]23[C@]12O[C@H]2C[C@H]1C2=C(CC[C@@]13C)C(=O)OC2)C(C)C. The highest BCUT2D eigenvalue weighted by atomic mass is 16.8. The molecule has 4 aliphatic heterocycles. The number of fused-ring (bicyclic) bond motifs is 4. The molecule has 0 aromatic heterocycles. The third-order valence-corrected chi connectivity index (χ3v) is 11.9. The summed E-state index contributed by atoms with van der Waals surface area (Å²) in [5, 5.41) is 2.98. The Morgan fingerprint density at radius 3 is 2.38 bits per heavy atom. The summed E-state index contributed by atoms with van der Waals surface area (Å²) in [6.45, 7) is 16.5. The first-order chi connectivity index (χ1) is 18.8. The second-order valence-electron chi connectivity index (χ2n) is 14.6. The van der Waals surface area contributed by atoms with Gasteiger partial charge in [0, 0.05) is 16.9 Å². The topological polar surface area (TPSA) is 119 Å². The first kappa shape index (κ1) is 26.9. The zero-order valence-corrected chi connectivity index (χ0v) is 24.9. The molecule has 1 amide bonds. The smallest absolute Gasteiger partial charge is 0.334 e. The van der Waals surface area contributed by atoms with Gasteiger partial charge in [-0.2, -0.15) is 0 Å². The second-order valence-corrected chi connectivity index (χ2v) is 14.6. The number of hydrogen-bond acceptors (Lipinski definition) is 8. The van der Waals surface area contributed by atoms with Gasteiger partial charge >= 0.3 is 11.9 Å². The summed E-state index contributed by atoms with van der Waals surface area (Å²) >= 11 is 0. The van der Waals surface area contributed by atoms with E-state index in [1.165, 1.54) is 0 Å². The Morgan fingerprint density at radius 1 is 1.00 bits per heavy atom. The Hall–Kier alpha value is -1.97. The van der Waals surface area contributed by atoms with Crippen LogP contribution in [0.3, 0.4) is 0 Å². The van der Waals surface area contributed by atoms with Gasteiger partial charge in [-0.25, -0.2) is 9.59 Å². The van der Waals surface area contributed by atoms with Crippen molar-refractivity contribution >= 4 is 17.8 Å². The molecule has 0 aromatic rings. The van der Waals surface area contributed by atoms with Crippen molar-refractivity contribution in [2.45, 2.75) is 122 Å². The Kier molecular flexibility index (Phi) is 5.45. The van der Waals surface area contributed by atoms with Crippen LogP contribution in [0, 0.1) is 35.0 Å². The molecule has 0 radical (unpaired) electrons. The van der Waals surface area contributed by atoms with Crippen molar-refractivity contribution in [2.75, 3.05) is 6.61 Å². The molecule has 2 saturated carbocycles. The van der Waals surface area contributed by atoms with Crippen molar-refractivity contribution in [3.8, 4) is 0 Å². The van der Waals surface area contributed by atoms with Gasteiger partial charge < -0.3 is 29.0 Å². The molecule has 11 atom stereocenters. The molecule has 9 nitrogen and oxygen atoms in total. The number of carbonyl (C=O) groups excluding carboxylic acids is 3. The predicted molar refractivity (Wildman–Crippen MR) is 142 cm³/mol. The van der Waals surface area contributed by atoms with Crippen LogP contribution < -0.4 is 5.32 Å². The minimum absolute atomic E-state index is 0.0665. The van der Waals surface area contributed by atoms with E-state index >= 15 is 0 Å². The van der Waals surface area contributed by atoms with E-state index in [-0.39, 0.29) is 65.2 Å². The van der Waals surface area contributed by atoms with E-state index in [2.05, 4.69) is 26.1 Å². The summed E-state index contributed by atoms with van der Waals surface area (Å²) in [5.74, 6) is -0.856. The van der Waals surface area contributed by atoms with Crippen molar-refractivity contribution in [2.24, 2.45) is 35.0 Å².